The van der Waals surface area contributed by atoms with Gasteiger partial charge >= 0.3 is 0 Å². The summed E-state index contributed by atoms with van der Waals surface area (Å²) < 4.78 is 12.2. The minimum absolute atomic E-state index is 0.00108. The van der Waals surface area contributed by atoms with Crippen molar-refractivity contribution in [2.75, 3.05) is 6.61 Å². The topological polar surface area (TPSA) is 35.5 Å². The Morgan fingerprint density at radius 3 is 2.86 bits per heavy atom. The Morgan fingerprint density at radius 2 is 2.10 bits per heavy atom. The van der Waals surface area contributed by atoms with Gasteiger partial charge < -0.3 is 9.47 Å². The van der Waals surface area contributed by atoms with E-state index in [4.69, 9.17) is 21.1 Å². The van der Waals surface area contributed by atoms with E-state index >= 15 is 0 Å². The van der Waals surface area contributed by atoms with E-state index in [0.29, 0.717) is 16.3 Å². The Morgan fingerprint density at radius 1 is 1.29 bits per heavy atom. The van der Waals surface area contributed by atoms with Crippen LogP contribution in [-0.2, 0) is 4.74 Å². The minimum Gasteiger partial charge on any atom is -0.489 e. The first-order chi connectivity index (χ1) is 10.2. The van der Waals surface area contributed by atoms with Crippen LogP contribution in [0.15, 0.2) is 18.2 Å². The average Bonchev–Trinajstić information content (AvgIpc) is 2.48. The molecule has 1 unspecified atom stereocenters. The lowest BCUT2D eigenvalue weighted by Crippen LogP contribution is -2.45. The van der Waals surface area contributed by atoms with E-state index in [1.807, 2.05) is 12.1 Å². The highest BCUT2D eigenvalue weighted by Gasteiger charge is 2.39. The van der Waals surface area contributed by atoms with Crippen molar-refractivity contribution in [2.24, 2.45) is 0 Å². The molecule has 0 aromatic heterocycles. The SMILES string of the molecule is O=Cc1c(Cl)cccc1OC1CCOC2(CCCCC2)C1. The van der Waals surface area contributed by atoms with E-state index < -0.39 is 0 Å². The van der Waals surface area contributed by atoms with E-state index in [1.165, 1.54) is 19.3 Å². The number of carbonyl (C=O) groups is 1. The summed E-state index contributed by atoms with van der Waals surface area (Å²) in [7, 11) is 0. The van der Waals surface area contributed by atoms with Crippen molar-refractivity contribution in [3.8, 4) is 5.75 Å². The molecule has 21 heavy (non-hydrogen) atoms. The first-order valence-electron chi connectivity index (χ1n) is 7.77. The molecule has 4 heteroatoms. The standard InChI is InChI=1S/C17H21ClO3/c18-15-5-4-6-16(14(15)12-19)21-13-7-10-20-17(11-13)8-2-1-3-9-17/h4-6,12-13H,1-3,7-11H2. The average molecular weight is 309 g/mol. The Kier molecular flexibility index (Phi) is 4.51. The van der Waals surface area contributed by atoms with Crippen LogP contribution in [0, 0.1) is 0 Å². The Labute approximate surface area is 130 Å². The van der Waals surface area contributed by atoms with Crippen molar-refractivity contribution in [2.45, 2.75) is 56.7 Å². The molecule has 114 valence electrons. The fraction of sp³-hybridized carbons (Fsp3) is 0.588. The zero-order chi connectivity index (χ0) is 14.7. The maximum Gasteiger partial charge on any atom is 0.155 e. The molecule has 1 spiro atoms. The summed E-state index contributed by atoms with van der Waals surface area (Å²) >= 11 is 6.05. The van der Waals surface area contributed by atoms with E-state index in [-0.39, 0.29) is 11.7 Å². The molecule has 1 heterocycles. The van der Waals surface area contributed by atoms with Crippen LogP contribution in [0.3, 0.4) is 0 Å². The highest BCUT2D eigenvalue weighted by molar-refractivity contribution is 6.33. The van der Waals surface area contributed by atoms with Crippen LogP contribution >= 0.6 is 11.6 Å². The Bertz CT molecular complexity index is 503. The molecule has 3 nitrogen and oxygen atoms in total. The number of aldehydes is 1. The fourth-order valence-electron chi connectivity index (χ4n) is 3.54. The smallest absolute Gasteiger partial charge is 0.155 e. The maximum absolute atomic E-state index is 11.2. The normalized spacial score (nSPS) is 24.7. The van der Waals surface area contributed by atoms with Crippen LogP contribution in [-0.4, -0.2) is 24.6 Å². The zero-order valence-corrected chi connectivity index (χ0v) is 12.9. The molecule has 2 fully saturated rings. The van der Waals surface area contributed by atoms with Crippen LogP contribution in [0.1, 0.15) is 55.3 Å². The summed E-state index contributed by atoms with van der Waals surface area (Å²) in [5.74, 6) is 0.593. The number of rotatable bonds is 3. The highest BCUT2D eigenvalue weighted by Crippen LogP contribution is 2.40. The van der Waals surface area contributed by atoms with Gasteiger partial charge in [-0.15, -0.1) is 0 Å². The number of carbonyl (C=O) groups excluding carboxylic acids is 1. The van der Waals surface area contributed by atoms with E-state index in [1.54, 1.807) is 6.07 Å². The quantitative estimate of drug-likeness (QED) is 0.776. The molecule has 0 radical (unpaired) electrons. The lowest BCUT2D eigenvalue weighted by Gasteiger charge is -2.43. The van der Waals surface area contributed by atoms with Crippen LogP contribution in [0.5, 0.6) is 5.75 Å². The predicted molar refractivity (Wildman–Crippen MR) is 82.3 cm³/mol. The summed E-state index contributed by atoms with van der Waals surface area (Å²) in [6.45, 7) is 0.738. The molecule has 2 aliphatic rings. The second kappa shape index (κ2) is 6.37. The molecule has 1 aliphatic carbocycles. The largest absolute Gasteiger partial charge is 0.489 e. The van der Waals surface area contributed by atoms with Crippen molar-refractivity contribution in [1.82, 2.24) is 0 Å². The third kappa shape index (κ3) is 3.24. The summed E-state index contributed by atoms with van der Waals surface area (Å²) in [6.07, 6.45) is 8.70. The minimum atomic E-state index is 0.00108. The second-order valence-electron chi connectivity index (χ2n) is 6.09. The van der Waals surface area contributed by atoms with Crippen LogP contribution in [0.25, 0.3) is 0 Å². The van der Waals surface area contributed by atoms with Gasteiger partial charge in [0.15, 0.2) is 6.29 Å². The molecule has 1 aromatic rings. The van der Waals surface area contributed by atoms with Crippen molar-refractivity contribution in [3.63, 3.8) is 0 Å². The molecular formula is C17H21ClO3. The number of halogens is 1. The van der Waals surface area contributed by atoms with Gasteiger partial charge in [-0.25, -0.2) is 0 Å². The van der Waals surface area contributed by atoms with Crippen LogP contribution in [0.4, 0.5) is 0 Å². The molecule has 1 aromatic carbocycles. The molecule has 1 atom stereocenters. The molecule has 0 amide bonds. The van der Waals surface area contributed by atoms with Crippen molar-refractivity contribution < 1.29 is 14.3 Å². The first kappa shape index (κ1) is 14.9. The Balaban J connectivity index is 1.73. The monoisotopic (exact) mass is 308 g/mol. The van der Waals surface area contributed by atoms with Crippen molar-refractivity contribution in [3.05, 3.63) is 28.8 Å². The molecule has 3 rings (SSSR count). The second-order valence-corrected chi connectivity index (χ2v) is 6.50. The summed E-state index contributed by atoms with van der Waals surface area (Å²) in [5.41, 5.74) is 0.449. The number of hydrogen-bond donors (Lipinski definition) is 0. The van der Waals surface area contributed by atoms with Gasteiger partial charge in [-0.3, -0.25) is 4.79 Å². The first-order valence-corrected chi connectivity index (χ1v) is 8.15. The van der Waals surface area contributed by atoms with Gasteiger partial charge in [0.25, 0.3) is 0 Å². The van der Waals surface area contributed by atoms with Gasteiger partial charge in [0, 0.05) is 12.8 Å². The van der Waals surface area contributed by atoms with Gasteiger partial charge in [-0.2, -0.15) is 0 Å². The van der Waals surface area contributed by atoms with Crippen LogP contribution < -0.4 is 4.74 Å². The van der Waals surface area contributed by atoms with E-state index in [2.05, 4.69) is 0 Å². The molecule has 0 bridgehead atoms. The summed E-state index contributed by atoms with van der Waals surface area (Å²) in [5, 5.41) is 0.446. The fourth-order valence-corrected chi connectivity index (χ4v) is 3.75. The van der Waals surface area contributed by atoms with Gasteiger partial charge in [0.1, 0.15) is 11.9 Å². The number of hydrogen-bond acceptors (Lipinski definition) is 3. The molecule has 1 saturated carbocycles. The third-order valence-corrected chi connectivity index (χ3v) is 4.97. The van der Waals surface area contributed by atoms with E-state index in [0.717, 1.165) is 38.6 Å². The van der Waals surface area contributed by atoms with Crippen molar-refractivity contribution >= 4 is 17.9 Å². The van der Waals surface area contributed by atoms with Crippen LogP contribution in [0.2, 0.25) is 5.02 Å². The zero-order valence-electron chi connectivity index (χ0n) is 12.1. The maximum atomic E-state index is 11.2. The Hall–Kier alpha value is -1.06. The predicted octanol–water partition coefficient (Wildman–Crippen LogP) is 4.41. The van der Waals surface area contributed by atoms with Crippen molar-refractivity contribution in [1.29, 1.82) is 0 Å². The highest BCUT2D eigenvalue weighted by atomic mass is 35.5. The molecular weight excluding hydrogens is 288 g/mol. The van der Waals surface area contributed by atoms with E-state index in [9.17, 15) is 4.79 Å². The lowest BCUT2D eigenvalue weighted by atomic mass is 9.79. The summed E-state index contributed by atoms with van der Waals surface area (Å²) in [6, 6.07) is 5.35. The molecule has 0 N–H and O–H groups in total. The lowest BCUT2D eigenvalue weighted by molar-refractivity contribution is -0.129. The summed E-state index contributed by atoms with van der Waals surface area (Å²) in [4.78, 5) is 11.2. The van der Waals surface area contributed by atoms with Gasteiger partial charge in [0.05, 0.1) is 22.8 Å². The molecule has 1 aliphatic heterocycles. The van der Waals surface area contributed by atoms with Gasteiger partial charge in [-0.1, -0.05) is 36.9 Å². The third-order valence-electron chi connectivity index (χ3n) is 4.64. The van der Waals surface area contributed by atoms with Gasteiger partial charge in [0.2, 0.25) is 0 Å². The van der Waals surface area contributed by atoms with Gasteiger partial charge in [-0.05, 0) is 25.0 Å². The molecule has 1 saturated heterocycles. The number of benzene rings is 1. The number of ether oxygens (including phenoxy) is 2.